The molecule has 0 saturated heterocycles. The lowest BCUT2D eigenvalue weighted by atomic mass is 10.1. The third-order valence-corrected chi connectivity index (χ3v) is 5.54. The molecule has 1 aromatic heterocycles. The van der Waals surface area contributed by atoms with Gasteiger partial charge in [0.15, 0.2) is 5.78 Å². The van der Waals surface area contributed by atoms with Gasteiger partial charge in [0.25, 0.3) is 0 Å². The van der Waals surface area contributed by atoms with Crippen molar-refractivity contribution >= 4 is 45.2 Å². The second-order valence-electron chi connectivity index (χ2n) is 6.01. The molecule has 1 aliphatic heterocycles. The molecule has 24 heavy (non-hydrogen) atoms. The molecule has 4 heteroatoms. The van der Waals surface area contributed by atoms with Crippen molar-refractivity contribution in [1.29, 1.82) is 0 Å². The van der Waals surface area contributed by atoms with Crippen LogP contribution in [0.1, 0.15) is 26.3 Å². The summed E-state index contributed by atoms with van der Waals surface area (Å²) in [5.74, 6) is 0.0737. The third kappa shape index (κ3) is 2.25. The Kier molecular flexibility index (Phi) is 3.65. The fraction of sp³-hybridized carbons (Fsp3) is 0.250. The Hall–Kier alpha value is -2.20. The van der Waals surface area contributed by atoms with E-state index < -0.39 is 0 Å². The van der Waals surface area contributed by atoms with Gasteiger partial charge in [-0.25, -0.2) is 0 Å². The van der Waals surface area contributed by atoms with E-state index in [-0.39, 0.29) is 5.78 Å². The topological polar surface area (TPSA) is 33.5 Å². The van der Waals surface area contributed by atoms with Crippen LogP contribution in [0, 0.1) is 0 Å². The van der Waals surface area contributed by atoms with E-state index in [1.54, 1.807) is 24.8 Å². The number of rotatable bonds is 3. The second-order valence-corrected chi connectivity index (χ2v) is 7.07. The quantitative estimate of drug-likeness (QED) is 0.590. The van der Waals surface area contributed by atoms with Gasteiger partial charge in [-0.05, 0) is 44.0 Å². The van der Waals surface area contributed by atoms with E-state index in [9.17, 15) is 4.79 Å². The molecule has 0 radical (unpaired) electrons. The number of carbonyl (C=O) groups excluding carboxylic acids is 1. The van der Waals surface area contributed by atoms with Crippen molar-refractivity contribution in [3.63, 3.8) is 0 Å². The van der Waals surface area contributed by atoms with Crippen molar-refractivity contribution < 1.29 is 9.21 Å². The molecule has 0 bridgehead atoms. The molecule has 0 spiro atoms. The van der Waals surface area contributed by atoms with Crippen LogP contribution >= 0.6 is 11.8 Å². The van der Waals surface area contributed by atoms with Crippen LogP contribution in [0.15, 0.2) is 50.7 Å². The first-order valence-corrected chi connectivity index (χ1v) is 9.09. The van der Waals surface area contributed by atoms with Crippen LogP contribution in [0.2, 0.25) is 0 Å². The number of benzene rings is 2. The highest BCUT2D eigenvalue weighted by molar-refractivity contribution is 8.03. The molecule has 3 aromatic rings. The first-order chi connectivity index (χ1) is 11.6. The van der Waals surface area contributed by atoms with Gasteiger partial charge in [-0.2, -0.15) is 0 Å². The van der Waals surface area contributed by atoms with Crippen molar-refractivity contribution in [1.82, 2.24) is 0 Å². The van der Waals surface area contributed by atoms with Gasteiger partial charge in [0, 0.05) is 22.9 Å². The van der Waals surface area contributed by atoms with Crippen molar-refractivity contribution in [3.8, 4) is 0 Å². The Balaban J connectivity index is 2.01. The molecule has 3 nitrogen and oxygen atoms in total. The summed E-state index contributed by atoms with van der Waals surface area (Å²) >= 11 is 1.66. The molecule has 0 N–H and O–H groups in total. The molecule has 0 saturated carbocycles. The highest BCUT2D eigenvalue weighted by atomic mass is 32.2. The van der Waals surface area contributed by atoms with Gasteiger partial charge in [-0.15, -0.1) is 0 Å². The fourth-order valence-electron chi connectivity index (χ4n) is 3.32. The van der Waals surface area contributed by atoms with Crippen molar-refractivity contribution in [2.75, 3.05) is 11.4 Å². The fourth-order valence-corrected chi connectivity index (χ4v) is 4.54. The molecule has 1 aliphatic rings. The van der Waals surface area contributed by atoms with E-state index in [0.717, 1.165) is 45.6 Å². The predicted molar refractivity (Wildman–Crippen MR) is 101 cm³/mol. The summed E-state index contributed by atoms with van der Waals surface area (Å²) in [6.07, 6.45) is 2.71. The Morgan fingerprint density at radius 3 is 2.75 bits per heavy atom. The molecular weight excluding hydrogens is 318 g/mol. The molecular formula is C20H19NO2S. The van der Waals surface area contributed by atoms with Crippen LogP contribution < -0.4 is 4.90 Å². The largest absolute Gasteiger partial charge is 0.456 e. The molecule has 0 unspecified atom stereocenters. The lowest BCUT2D eigenvalue weighted by molar-refractivity contribution is -0.112. The van der Waals surface area contributed by atoms with Gasteiger partial charge in [-0.3, -0.25) is 4.79 Å². The highest BCUT2D eigenvalue weighted by Crippen LogP contribution is 2.51. The van der Waals surface area contributed by atoms with Crippen LogP contribution in [0.5, 0.6) is 0 Å². The number of fused-ring (bicyclic) bond motifs is 5. The Bertz CT molecular complexity index is 1000. The first kappa shape index (κ1) is 15.3. The summed E-state index contributed by atoms with van der Waals surface area (Å²) in [7, 11) is 0. The lowest BCUT2D eigenvalue weighted by Crippen LogP contribution is -2.17. The molecule has 0 atom stereocenters. The number of ketones is 1. The number of nitrogens with zero attached hydrogens (tertiary/aromatic N) is 1. The van der Waals surface area contributed by atoms with E-state index in [1.165, 1.54) is 10.5 Å². The van der Waals surface area contributed by atoms with Gasteiger partial charge >= 0.3 is 0 Å². The SMILES string of the molecule is CCc1ccc2c(c1)oc1ccc3c(c12)N(CC)/C(=C/C(C)=O)S3. The summed E-state index contributed by atoms with van der Waals surface area (Å²) < 4.78 is 6.11. The zero-order valence-electron chi connectivity index (χ0n) is 14.1. The summed E-state index contributed by atoms with van der Waals surface area (Å²) in [5, 5.41) is 3.28. The maximum atomic E-state index is 11.6. The number of anilines is 1. The number of hydrogen-bond acceptors (Lipinski definition) is 4. The van der Waals surface area contributed by atoms with Gasteiger partial charge in [-0.1, -0.05) is 30.8 Å². The van der Waals surface area contributed by atoms with Gasteiger partial charge in [0.1, 0.15) is 11.2 Å². The average molecular weight is 337 g/mol. The monoisotopic (exact) mass is 337 g/mol. The Labute approximate surface area is 145 Å². The number of hydrogen-bond donors (Lipinski definition) is 0. The molecule has 2 aromatic carbocycles. The van der Waals surface area contributed by atoms with Crippen LogP contribution in [0.3, 0.4) is 0 Å². The summed E-state index contributed by atoms with van der Waals surface area (Å²) in [4.78, 5) is 15.0. The number of carbonyl (C=O) groups is 1. The van der Waals surface area contributed by atoms with Crippen LogP contribution in [-0.2, 0) is 11.2 Å². The molecule has 122 valence electrons. The molecule has 4 rings (SSSR count). The summed E-state index contributed by atoms with van der Waals surface area (Å²) in [6.45, 7) is 6.67. The van der Waals surface area contributed by atoms with Crippen molar-refractivity contribution in [2.45, 2.75) is 32.1 Å². The van der Waals surface area contributed by atoms with E-state index in [0.29, 0.717) is 0 Å². The van der Waals surface area contributed by atoms with Crippen LogP contribution in [0.25, 0.3) is 21.9 Å². The summed E-state index contributed by atoms with van der Waals surface area (Å²) in [5.41, 5.74) is 4.27. The third-order valence-electron chi connectivity index (χ3n) is 4.44. The zero-order valence-corrected chi connectivity index (χ0v) is 14.9. The normalized spacial score (nSPS) is 15.6. The molecule has 0 fully saturated rings. The number of furan rings is 1. The first-order valence-electron chi connectivity index (χ1n) is 8.28. The van der Waals surface area contributed by atoms with Crippen LogP contribution in [-0.4, -0.2) is 12.3 Å². The average Bonchev–Trinajstić information content (AvgIpc) is 3.09. The summed E-state index contributed by atoms with van der Waals surface area (Å²) in [6, 6.07) is 10.6. The molecule has 0 aliphatic carbocycles. The molecule has 0 amide bonds. The maximum Gasteiger partial charge on any atom is 0.155 e. The zero-order chi connectivity index (χ0) is 16.8. The lowest BCUT2D eigenvalue weighted by Gasteiger charge is -2.18. The van der Waals surface area contributed by atoms with Gasteiger partial charge < -0.3 is 9.32 Å². The minimum Gasteiger partial charge on any atom is -0.456 e. The van der Waals surface area contributed by atoms with Gasteiger partial charge in [0.05, 0.1) is 16.1 Å². The van der Waals surface area contributed by atoms with E-state index in [4.69, 9.17) is 4.42 Å². The van der Waals surface area contributed by atoms with E-state index in [1.807, 2.05) is 6.07 Å². The molecule has 2 heterocycles. The smallest absolute Gasteiger partial charge is 0.155 e. The minimum absolute atomic E-state index is 0.0737. The van der Waals surface area contributed by atoms with Crippen molar-refractivity contribution in [3.05, 3.63) is 47.0 Å². The van der Waals surface area contributed by atoms with Crippen LogP contribution in [0.4, 0.5) is 5.69 Å². The van der Waals surface area contributed by atoms with E-state index >= 15 is 0 Å². The Morgan fingerprint density at radius 1 is 1.21 bits per heavy atom. The predicted octanol–water partition coefficient (Wildman–Crippen LogP) is 5.51. The second kappa shape index (κ2) is 5.71. The number of thioether (sulfide) groups is 1. The van der Waals surface area contributed by atoms with Crippen molar-refractivity contribution in [2.24, 2.45) is 0 Å². The maximum absolute atomic E-state index is 11.6. The minimum atomic E-state index is 0.0737. The number of allylic oxidation sites excluding steroid dienone is 1. The highest BCUT2D eigenvalue weighted by Gasteiger charge is 2.28. The van der Waals surface area contributed by atoms with Gasteiger partial charge in [0.2, 0.25) is 0 Å². The number of aryl methyl sites for hydroxylation is 1. The Morgan fingerprint density at radius 2 is 2.04 bits per heavy atom. The van der Waals surface area contributed by atoms with E-state index in [2.05, 4.69) is 43.0 Å². The standard InChI is InChI=1S/C20H19NO2S/c1-4-13-6-7-14-16(11-13)23-15-8-9-17-20(19(14)15)21(5-2)18(24-17)10-12(3)22/h6-11H,4-5H2,1-3H3/b18-10-.